The minimum atomic E-state index is -4.35. The molecule has 0 saturated carbocycles. The van der Waals surface area contributed by atoms with Crippen molar-refractivity contribution in [1.29, 1.82) is 0 Å². The molecule has 1 aliphatic heterocycles. The highest BCUT2D eigenvalue weighted by molar-refractivity contribution is 5.69. The summed E-state index contributed by atoms with van der Waals surface area (Å²) >= 11 is 0. The number of rotatable bonds is 1. The first-order valence-corrected chi connectivity index (χ1v) is 6.21. The standard InChI is InChI=1S/C13H18F3N3/c1-9-8-18(2)5-6-19(9)12-4-3-10(7-11(12)17)13(14,15)16/h3-4,7,9H,5-6,8,17H2,1-2H3. The molecular weight excluding hydrogens is 255 g/mol. The zero-order valence-corrected chi connectivity index (χ0v) is 11.0. The number of alkyl halides is 3. The predicted molar refractivity (Wildman–Crippen MR) is 70.2 cm³/mol. The largest absolute Gasteiger partial charge is 0.416 e. The van der Waals surface area contributed by atoms with Crippen molar-refractivity contribution in [3.05, 3.63) is 23.8 Å². The summed E-state index contributed by atoms with van der Waals surface area (Å²) in [6, 6.07) is 3.81. The first kappa shape index (κ1) is 14.0. The number of benzene rings is 1. The van der Waals surface area contributed by atoms with Crippen LogP contribution in [0.25, 0.3) is 0 Å². The van der Waals surface area contributed by atoms with Gasteiger partial charge in [-0.2, -0.15) is 13.2 Å². The Hall–Kier alpha value is -1.43. The molecule has 106 valence electrons. The van der Waals surface area contributed by atoms with Crippen molar-refractivity contribution >= 4 is 11.4 Å². The molecule has 19 heavy (non-hydrogen) atoms. The van der Waals surface area contributed by atoms with E-state index in [1.807, 2.05) is 14.0 Å². The van der Waals surface area contributed by atoms with Gasteiger partial charge in [0.2, 0.25) is 0 Å². The molecule has 0 aromatic heterocycles. The number of piperazine rings is 1. The highest BCUT2D eigenvalue weighted by atomic mass is 19.4. The fourth-order valence-corrected chi connectivity index (χ4v) is 2.49. The molecular formula is C13H18F3N3. The Morgan fingerprint density at radius 2 is 1.95 bits per heavy atom. The molecule has 2 rings (SSSR count). The van der Waals surface area contributed by atoms with Gasteiger partial charge in [0.15, 0.2) is 0 Å². The summed E-state index contributed by atoms with van der Waals surface area (Å²) in [5, 5.41) is 0. The number of halogens is 3. The van der Waals surface area contributed by atoms with Crippen LogP contribution in [-0.4, -0.2) is 37.6 Å². The van der Waals surface area contributed by atoms with Gasteiger partial charge in [-0.1, -0.05) is 0 Å². The molecule has 1 saturated heterocycles. The monoisotopic (exact) mass is 273 g/mol. The van der Waals surface area contributed by atoms with E-state index in [2.05, 4.69) is 9.80 Å². The Kier molecular flexibility index (Phi) is 3.62. The van der Waals surface area contributed by atoms with Crippen LogP contribution in [0.5, 0.6) is 0 Å². The van der Waals surface area contributed by atoms with Gasteiger partial charge in [0.1, 0.15) is 0 Å². The Bertz CT molecular complexity index is 459. The van der Waals surface area contributed by atoms with Crippen molar-refractivity contribution in [2.75, 3.05) is 37.3 Å². The van der Waals surface area contributed by atoms with Crippen molar-refractivity contribution in [3.63, 3.8) is 0 Å². The summed E-state index contributed by atoms with van der Waals surface area (Å²) in [5.74, 6) is 0. The maximum absolute atomic E-state index is 12.6. The third-order valence-electron chi connectivity index (χ3n) is 3.49. The van der Waals surface area contributed by atoms with E-state index in [0.29, 0.717) is 5.69 Å². The molecule has 2 N–H and O–H groups in total. The Morgan fingerprint density at radius 3 is 2.47 bits per heavy atom. The van der Waals surface area contributed by atoms with E-state index in [4.69, 9.17) is 5.73 Å². The number of hydrogen-bond acceptors (Lipinski definition) is 3. The van der Waals surface area contributed by atoms with Crippen LogP contribution >= 0.6 is 0 Å². The average molecular weight is 273 g/mol. The smallest absolute Gasteiger partial charge is 0.397 e. The van der Waals surface area contributed by atoms with E-state index in [1.54, 1.807) is 0 Å². The van der Waals surface area contributed by atoms with E-state index in [0.717, 1.165) is 31.8 Å². The minimum absolute atomic E-state index is 0.186. The van der Waals surface area contributed by atoms with E-state index >= 15 is 0 Å². The number of likely N-dealkylation sites (N-methyl/N-ethyl adjacent to an activating group) is 1. The normalized spacial score (nSPS) is 21.7. The van der Waals surface area contributed by atoms with Crippen molar-refractivity contribution in [3.8, 4) is 0 Å². The fourth-order valence-electron chi connectivity index (χ4n) is 2.49. The molecule has 6 heteroatoms. The second-order valence-electron chi connectivity index (χ2n) is 5.08. The van der Waals surface area contributed by atoms with Gasteiger partial charge in [0.25, 0.3) is 0 Å². The molecule has 0 aliphatic carbocycles. The number of nitrogens with two attached hydrogens (primary N) is 1. The Morgan fingerprint density at radius 1 is 1.26 bits per heavy atom. The van der Waals surface area contributed by atoms with Crippen LogP contribution in [0.15, 0.2) is 18.2 Å². The molecule has 1 atom stereocenters. The summed E-state index contributed by atoms with van der Waals surface area (Å²) in [6.45, 7) is 4.57. The van der Waals surface area contributed by atoms with Crippen LogP contribution in [0, 0.1) is 0 Å². The first-order valence-electron chi connectivity index (χ1n) is 6.21. The Balaban J connectivity index is 2.26. The predicted octanol–water partition coefficient (Wildman–Crippen LogP) is 2.43. The molecule has 1 aliphatic rings. The van der Waals surface area contributed by atoms with Gasteiger partial charge in [-0.3, -0.25) is 0 Å². The zero-order valence-electron chi connectivity index (χ0n) is 11.0. The quantitative estimate of drug-likeness (QED) is 0.798. The lowest BCUT2D eigenvalue weighted by Crippen LogP contribution is -2.50. The van der Waals surface area contributed by atoms with Crippen molar-refractivity contribution in [2.45, 2.75) is 19.1 Å². The van der Waals surface area contributed by atoms with Gasteiger partial charge < -0.3 is 15.5 Å². The van der Waals surface area contributed by atoms with E-state index in [-0.39, 0.29) is 11.7 Å². The van der Waals surface area contributed by atoms with Gasteiger partial charge in [0, 0.05) is 25.7 Å². The molecule has 1 unspecified atom stereocenters. The Labute approximate surface area is 110 Å². The van der Waals surface area contributed by atoms with E-state index in [1.165, 1.54) is 6.07 Å². The molecule has 3 nitrogen and oxygen atoms in total. The van der Waals surface area contributed by atoms with Crippen molar-refractivity contribution in [1.82, 2.24) is 4.90 Å². The van der Waals surface area contributed by atoms with Crippen LogP contribution < -0.4 is 10.6 Å². The van der Waals surface area contributed by atoms with Crippen LogP contribution in [0.4, 0.5) is 24.5 Å². The number of nitrogens with zero attached hydrogens (tertiary/aromatic N) is 2. The van der Waals surface area contributed by atoms with Crippen LogP contribution in [0.3, 0.4) is 0 Å². The number of nitrogen functional groups attached to an aromatic ring is 1. The topological polar surface area (TPSA) is 32.5 Å². The van der Waals surface area contributed by atoms with Crippen molar-refractivity contribution in [2.24, 2.45) is 0 Å². The molecule has 1 fully saturated rings. The average Bonchev–Trinajstić information content (AvgIpc) is 2.28. The maximum atomic E-state index is 12.6. The molecule has 1 aromatic rings. The SMILES string of the molecule is CC1CN(C)CCN1c1ccc(C(F)(F)F)cc1N. The highest BCUT2D eigenvalue weighted by Gasteiger charge is 2.31. The van der Waals surface area contributed by atoms with Gasteiger partial charge in [-0.05, 0) is 32.2 Å². The summed E-state index contributed by atoms with van der Waals surface area (Å²) in [7, 11) is 2.03. The number of hydrogen-bond donors (Lipinski definition) is 1. The first-order chi connectivity index (χ1) is 8.79. The van der Waals surface area contributed by atoms with E-state index in [9.17, 15) is 13.2 Å². The third kappa shape index (κ3) is 2.94. The lowest BCUT2D eigenvalue weighted by molar-refractivity contribution is -0.137. The molecule has 0 amide bonds. The highest BCUT2D eigenvalue weighted by Crippen LogP contribution is 2.35. The number of anilines is 2. The molecule has 0 bridgehead atoms. The maximum Gasteiger partial charge on any atom is 0.416 e. The second kappa shape index (κ2) is 4.92. The van der Waals surface area contributed by atoms with Gasteiger partial charge in [-0.25, -0.2) is 0 Å². The van der Waals surface area contributed by atoms with Crippen LogP contribution in [0.1, 0.15) is 12.5 Å². The van der Waals surface area contributed by atoms with Crippen LogP contribution in [-0.2, 0) is 6.18 Å². The van der Waals surface area contributed by atoms with Crippen molar-refractivity contribution < 1.29 is 13.2 Å². The minimum Gasteiger partial charge on any atom is -0.397 e. The summed E-state index contributed by atoms with van der Waals surface area (Å²) in [6.07, 6.45) is -4.35. The summed E-state index contributed by atoms with van der Waals surface area (Å²) < 4.78 is 37.8. The zero-order chi connectivity index (χ0) is 14.2. The third-order valence-corrected chi connectivity index (χ3v) is 3.49. The van der Waals surface area contributed by atoms with Gasteiger partial charge >= 0.3 is 6.18 Å². The molecule has 0 spiro atoms. The summed E-state index contributed by atoms with van der Waals surface area (Å²) in [4.78, 5) is 4.26. The lowest BCUT2D eigenvalue weighted by atomic mass is 10.1. The lowest BCUT2D eigenvalue weighted by Gasteiger charge is -2.40. The van der Waals surface area contributed by atoms with Gasteiger partial charge in [0.05, 0.1) is 16.9 Å². The van der Waals surface area contributed by atoms with Gasteiger partial charge in [-0.15, -0.1) is 0 Å². The molecule has 1 heterocycles. The fraction of sp³-hybridized carbons (Fsp3) is 0.538. The molecule has 1 aromatic carbocycles. The van der Waals surface area contributed by atoms with E-state index < -0.39 is 11.7 Å². The summed E-state index contributed by atoms with van der Waals surface area (Å²) in [5.41, 5.74) is 5.97. The second-order valence-corrected chi connectivity index (χ2v) is 5.08. The molecule has 0 radical (unpaired) electrons. The van der Waals surface area contributed by atoms with Crippen LogP contribution in [0.2, 0.25) is 0 Å².